The van der Waals surface area contributed by atoms with Gasteiger partial charge in [0.25, 0.3) is 5.91 Å². The lowest BCUT2D eigenvalue weighted by Gasteiger charge is -2.17. The number of benzene rings is 2. The topological polar surface area (TPSA) is 64.3 Å². The Hall–Kier alpha value is -2.07. The predicted molar refractivity (Wildman–Crippen MR) is 87.8 cm³/mol. The Morgan fingerprint density at radius 3 is 2.76 bits per heavy atom. The van der Waals surface area contributed by atoms with Crippen molar-refractivity contribution in [3.63, 3.8) is 0 Å². The summed E-state index contributed by atoms with van der Waals surface area (Å²) in [5, 5.41) is 18.6. The largest absolute Gasteiger partial charge is 0.507 e. The molecule has 0 aromatic heterocycles. The van der Waals surface area contributed by atoms with Gasteiger partial charge in [-0.05, 0) is 58.5 Å². The Morgan fingerprint density at radius 2 is 2.10 bits per heavy atom. The number of aromatic hydroxyl groups is 1. The van der Waals surface area contributed by atoms with Gasteiger partial charge in [0.15, 0.2) is 0 Å². The van der Waals surface area contributed by atoms with Crippen LogP contribution in [-0.4, -0.2) is 23.0 Å². The van der Waals surface area contributed by atoms with Crippen LogP contribution >= 0.6 is 22.6 Å². The smallest absolute Gasteiger partial charge is 0.254 e. The number of nitrogens with zero attached hydrogens (tertiary/aromatic N) is 2. The van der Waals surface area contributed by atoms with E-state index in [0.717, 1.165) is 5.56 Å². The van der Waals surface area contributed by atoms with Crippen molar-refractivity contribution in [1.82, 2.24) is 4.90 Å². The lowest BCUT2D eigenvalue weighted by Crippen LogP contribution is -2.26. The highest BCUT2D eigenvalue weighted by atomic mass is 127. The predicted octanol–water partition coefficient (Wildman–Crippen LogP) is 3.14. The van der Waals surface area contributed by atoms with E-state index in [-0.39, 0.29) is 11.7 Å². The quantitative estimate of drug-likeness (QED) is 0.817. The van der Waals surface area contributed by atoms with Gasteiger partial charge in [0.05, 0.1) is 15.2 Å². The van der Waals surface area contributed by atoms with Crippen LogP contribution in [-0.2, 0) is 6.54 Å². The van der Waals surface area contributed by atoms with E-state index in [9.17, 15) is 9.90 Å². The maximum absolute atomic E-state index is 12.3. The summed E-state index contributed by atoms with van der Waals surface area (Å²) in [6.45, 7) is 0.404. The molecule has 0 spiro atoms. The van der Waals surface area contributed by atoms with Crippen LogP contribution in [0.15, 0.2) is 42.5 Å². The second-order valence-electron chi connectivity index (χ2n) is 4.64. The molecule has 0 radical (unpaired) electrons. The number of phenols is 1. The van der Waals surface area contributed by atoms with Crippen LogP contribution in [0.25, 0.3) is 0 Å². The first kappa shape index (κ1) is 15.3. The average Bonchev–Trinajstić information content (AvgIpc) is 2.49. The zero-order valence-corrected chi connectivity index (χ0v) is 13.5. The van der Waals surface area contributed by atoms with Gasteiger partial charge in [-0.3, -0.25) is 4.79 Å². The first-order chi connectivity index (χ1) is 10.0. The summed E-state index contributed by atoms with van der Waals surface area (Å²) in [5.74, 6) is -0.0783. The third kappa shape index (κ3) is 3.73. The molecule has 1 N–H and O–H groups in total. The molecule has 0 aliphatic heterocycles. The van der Waals surface area contributed by atoms with Gasteiger partial charge in [0.2, 0.25) is 0 Å². The van der Waals surface area contributed by atoms with E-state index in [1.54, 1.807) is 42.3 Å². The van der Waals surface area contributed by atoms with Gasteiger partial charge in [-0.1, -0.05) is 12.1 Å². The standard InChI is InChI=1S/C16H13IN2O2/c1-19(10-12-4-2-3-11(7-12)9-18)16(21)13-5-6-14(17)15(20)8-13/h2-8,20H,10H2,1H3. The first-order valence-electron chi connectivity index (χ1n) is 6.24. The number of hydrogen-bond donors (Lipinski definition) is 1. The molecule has 2 aromatic carbocycles. The minimum atomic E-state index is -0.177. The monoisotopic (exact) mass is 392 g/mol. The zero-order valence-electron chi connectivity index (χ0n) is 11.4. The van der Waals surface area contributed by atoms with E-state index >= 15 is 0 Å². The molecule has 2 rings (SSSR count). The van der Waals surface area contributed by atoms with Crippen molar-refractivity contribution in [1.29, 1.82) is 5.26 Å². The lowest BCUT2D eigenvalue weighted by atomic mass is 10.1. The maximum Gasteiger partial charge on any atom is 0.254 e. The van der Waals surface area contributed by atoms with E-state index in [2.05, 4.69) is 6.07 Å². The van der Waals surface area contributed by atoms with Crippen LogP contribution in [0.3, 0.4) is 0 Å². The third-order valence-corrected chi connectivity index (χ3v) is 3.93. The van der Waals surface area contributed by atoms with E-state index in [4.69, 9.17) is 5.26 Å². The number of amides is 1. The molecule has 0 heterocycles. The summed E-state index contributed by atoms with van der Waals surface area (Å²) in [4.78, 5) is 13.9. The van der Waals surface area contributed by atoms with Crippen LogP contribution in [0.5, 0.6) is 5.75 Å². The molecule has 0 unspecified atom stereocenters. The van der Waals surface area contributed by atoms with Crippen molar-refractivity contribution in [2.45, 2.75) is 6.54 Å². The molecule has 106 valence electrons. The normalized spacial score (nSPS) is 9.95. The van der Waals surface area contributed by atoms with Crippen molar-refractivity contribution in [2.75, 3.05) is 7.05 Å². The molecule has 0 fully saturated rings. The van der Waals surface area contributed by atoms with Gasteiger partial charge in [0, 0.05) is 19.2 Å². The molecule has 0 saturated heterocycles. The van der Waals surface area contributed by atoms with E-state index in [0.29, 0.717) is 21.2 Å². The number of hydrogen-bond acceptors (Lipinski definition) is 3. The van der Waals surface area contributed by atoms with Gasteiger partial charge in [-0.25, -0.2) is 0 Å². The van der Waals surface area contributed by atoms with Crippen LogP contribution in [0.2, 0.25) is 0 Å². The molecule has 0 atom stereocenters. The number of halogens is 1. The van der Waals surface area contributed by atoms with E-state index in [1.165, 1.54) is 6.07 Å². The average molecular weight is 392 g/mol. The molecule has 1 amide bonds. The highest BCUT2D eigenvalue weighted by molar-refractivity contribution is 14.1. The maximum atomic E-state index is 12.3. The summed E-state index contributed by atoms with van der Waals surface area (Å²) >= 11 is 2.00. The van der Waals surface area contributed by atoms with Gasteiger partial charge in [-0.15, -0.1) is 0 Å². The van der Waals surface area contributed by atoms with Crippen LogP contribution in [0.1, 0.15) is 21.5 Å². The Bertz CT molecular complexity index is 722. The number of rotatable bonds is 3. The Morgan fingerprint density at radius 1 is 1.33 bits per heavy atom. The summed E-state index contributed by atoms with van der Waals surface area (Å²) in [7, 11) is 1.69. The van der Waals surface area contributed by atoms with Crippen molar-refractivity contribution in [3.8, 4) is 11.8 Å². The summed E-state index contributed by atoms with van der Waals surface area (Å²) < 4.78 is 0.702. The highest BCUT2D eigenvalue weighted by Gasteiger charge is 2.13. The van der Waals surface area contributed by atoms with Crippen LogP contribution in [0.4, 0.5) is 0 Å². The second-order valence-corrected chi connectivity index (χ2v) is 5.80. The van der Waals surface area contributed by atoms with Crippen molar-refractivity contribution >= 4 is 28.5 Å². The lowest BCUT2D eigenvalue weighted by molar-refractivity contribution is 0.0784. The minimum absolute atomic E-state index is 0.0985. The van der Waals surface area contributed by atoms with Crippen molar-refractivity contribution in [3.05, 3.63) is 62.7 Å². The number of carbonyl (C=O) groups is 1. The van der Waals surface area contributed by atoms with Gasteiger partial charge in [0.1, 0.15) is 5.75 Å². The summed E-state index contributed by atoms with van der Waals surface area (Å²) in [5.41, 5.74) is 1.90. The molecule has 2 aromatic rings. The first-order valence-corrected chi connectivity index (χ1v) is 7.32. The zero-order chi connectivity index (χ0) is 15.4. The van der Waals surface area contributed by atoms with Gasteiger partial charge in [-0.2, -0.15) is 5.26 Å². The number of carbonyl (C=O) groups excluding carboxylic acids is 1. The van der Waals surface area contributed by atoms with Crippen molar-refractivity contribution < 1.29 is 9.90 Å². The molecule has 0 aliphatic carbocycles. The second kappa shape index (κ2) is 6.59. The van der Waals surface area contributed by atoms with Crippen LogP contribution < -0.4 is 0 Å². The fourth-order valence-corrected chi connectivity index (χ4v) is 2.29. The molecular weight excluding hydrogens is 379 g/mol. The van der Waals surface area contributed by atoms with Gasteiger partial charge >= 0.3 is 0 Å². The fourth-order valence-electron chi connectivity index (χ4n) is 1.95. The van der Waals surface area contributed by atoms with Crippen molar-refractivity contribution in [2.24, 2.45) is 0 Å². The summed E-state index contributed by atoms with van der Waals surface area (Å²) in [6.07, 6.45) is 0. The molecule has 4 nitrogen and oxygen atoms in total. The molecule has 5 heteroatoms. The third-order valence-electron chi connectivity index (χ3n) is 3.02. The molecule has 0 saturated carbocycles. The Kier molecular flexibility index (Phi) is 4.81. The Balaban J connectivity index is 2.15. The summed E-state index contributed by atoms with van der Waals surface area (Å²) in [6, 6.07) is 14.1. The number of phenolic OH excluding ortho intramolecular Hbond substituents is 1. The minimum Gasteiger partial charge on any atom is -0.507 e. The Labute approximate surface area is 136 Å². The fraction of sp³-hybridized carbons (Fsp3) is 0.125. The number of nitriles is 1. The molecular formula is C16H13IN2O2. The van der Waals surface area contributed by atoms with E-state index in [1.807, 2.05) is 28.7 Å². The molecule has 0 bridgehead atoms. The SMILES string of the molecule is CN(Cc1cccc(C#N)c1)C(=O)c1ccc(I)c(O)c1. The molecule has 0 aliphatic rings. The van der Waals surface area contributed by atoms with E-state index < -0.39 is 0 Å². The van der Waals surface area contributed by atoms with Crippen LogP contribution in [0, 0.1) is 14.9 Å². The highest BCUT2D eigenvalue weighted by Crippen LogP contribution is 2.21. The molecule has 21 heavy (non-hydrogen) atoms. The van der Waals surface area contributed by atoms with Gasteiger partial charge < -0.3 is 10.0 Å².